The summed E-state index contributed by atoms with van der Waals surface area (Å²) in [7, 11) is 0. The van der Waals surface area contributed by atoms with Gasteiger partial charge in [0.2, 0.25) is 0 Å². The molecule has 0 aromatic heterocycles. The third-order valence-electron chi connectivity index (χ3n) is 10.7. The van der Waals surface area contributed by atoms with Gasteiger partial charge in [0.15, 0.2) is 0 Å². The number of carbonyl (C=O) groups excluding carboxylic acids is 1. The van der Waals surface area contributed by atoms with E-state index in [0.29, 0.717) is 22.5 Å². The second-order valence-corrected chi connectivity index (χ2v) is 12.4. The molecule has 1 nitrogen and oxygen atoms in total. The first-order valence-corrected chi connectivity index (χ1v) is 12.8. The van der Waals surface area contributed by atoms with Gasteiger partial charge in [0.25, 0.3) is 0 Å². The molecule has 0 aromatic carbocycles. The Morgan fingerprint density at radius 1 is 0.893 bits per heavy atom. The van der Waals surface area contributed by atoms with E-state index in [-0.39, 0.29) is 0 Å². The highest BCUT2D eigenvalue weighted by Gasteiger charge is 2.60. The van der Waals surface area contributed by atoms with Crippen LogP contribution in [0.4, 0.5) is 0 Å². The molecule has 0 spiro atoms. The number of hydrogen-bond donors (Lipinski definition) is 0. The first-order chi connectivity index (χ1) is 13.3. The van der Waals surface area contributed by atoms with Crippen molar-refractivity contribution < 1.29 is 4.79 Å². The molecule has 160 valence electrons. The van der Waals surface area contributed by atoms with Crippen LogP contribution in [0.15, 0.2) is 0 Å². The number of Topliss-reactive ketones (excluding diaryl/α,β-unsaturated/α-hetero) is 1. The van der Waals surface area contributed by atoms with Gasteiger partial charge in [-0.2, -0.15) is 0 Å². The molecule has 0 bridgehead atoms. The normalized spacial score (nSPS) is 46.8. The van der Waals surface area contributed by atoms with E-state index >= 15 is 0 Å². The molecular formula is C27H46O. The van der Waals surface area contributed by atoms with Crippen molar-refractivity contribution in [2.45, 2.75) is 112 Å². The summed E-state index contributed by atoms with van der Waals surface area (Å²) in [6.45, 7) is 12.6. The van der Waals surface area contributed by atoms with E-state index in [0.717, 1.165) is 48.3 Å². The molecule has 4 rings (SSSR count). The fraction of sp³-hybridized carbons (Fsp3) is 0.963. The average molecular weight is 387 g/mol. The molecule has 0 amide bonds. The minimum Gasteiger partial charge on any atom is -0.300 e. The Kier molecular flexibility index (Phi) is 5.78. The molecule has 8 atom stereocenters. The van der Waals surface area contributed by atoms with Gasteiger partial charge < -0.3 is 0 Å². The zero-order valence-electron chi connectivity index (χ0n) is 19.4. The van der Waals surface area contributed by atoms with Gasteiger partial charge in [-0.15, -0.1) is 0 Å². The SMILES string of the molecule is CC(C)CCC[C@@H](C)[C@H]1CC[C@H]2[C@@H]3CC[C@@H]4CC(=O)CC[C@@]4(C)[C@H]3CC[C@]12C. The van der Waals surface area contributed by atoms with Crippen LogP contribution in [-0.2, 0) is 4.79 Å². The second kappa shape index (κ2) is 7.73. The molecule has 0 heterocycles. The Morgan fingerprint density at radius 2 is 1.64 bits per heavy atom. The molecule has 0 aliphatic heterocycles. The average Bonchev–Trinajstić information content (AvgIpc) is 2.99. The zero-order valence-corrected chi connectivity index (χ0v) is 19.4. The lowest BCUT2D eigenvalue weighted by molar-refractivity contribution is -0.140. The predicted octanol–water partition coefficient (Wildman–Crippen LogP) is 7.68. The quantitative estimate of drug-likeness (QED) is 0.473. The predicted molar refractivity (Wildman–Crippen MR) is 118 cm³/mol. The number of ketones is 1. The van der Waals surface area contributed by atoms with Crippen molar-refractivity contribution in [2.75, 3.05) is 0 Å². The maximum atomic E-state index is 12.1. The standard InChI is InChI=1S/C27H46O/c1-18(2)7-6-8-19(3)23-11-12-24-22-10-9-20-17-21(28)13-15-26(20,4)25(22)14-16-27(23,24)5/h18-20,22-25H,6-17H2,1-5H3/t19-,20-,22+,23-,24+,25+,26-,27-/m1/s1. The molecule has 4 aliphatic carbocycles. The summed E-state index contributed by atoms with van der Waals surface area (Å²) >= 11 is 0. The maximum absolute atomic E-state index is 12.1. The fourth-order valence-electron chi connectivity index (χ4n) is 9.07. The maximum Gasteiger partial charge on any atom is 0.133 e. The van der Waals surface area contributed by atoms with Gasteiger partial charge in [0.05, 0.1) is 0 Å². The summed E-state index contributed by atoms with van der Waals surface area (Å²) in [4.78, 5) is 12.1. The van der Waals surface area contributed by atoms with Gasteiger partial charge in [-0.3, -0.25) is 4.79 Å². The molecule has 4 fully saturated rings. The summed E-state index contributed by atoms with van der Waals surface area (Å²) in [6.07, 6.45) is 15.9. The number of hydrogen-bond acceptors (Lipinski definition) is 1. The molecule has 0 radical (unpaired) electrons. The van der Waals surface area contributed by atoms with Crippen molar-refractivity contribution in [3.8, 4) is 0 Å². The van der Waals surface area contributed by atoms with Crippen LogP contribution in [0.25, 0.3) is 0 Å². The number of rotatable bonds is 5. The summed E-state index contributed by atoms with van der Waals surface area (Å²) in [5.74, 6) is 6.82. The van der Waals surface area contributed by atoms with Gasteiger partial charge in [0, 0.05) is 12.8 Å². The van der Waals surface area contributed by atoms with Crippen molar-refractivity contribution in [3.63, 3.8) is 0 Å². The monoisotopic (exact) mass is 386 g/mol. The zero-order chi connectivity index (χ0) is 20.1. The van der Waals surface area contributed by atoms with Crippen LogP contribution < -0.4 is 0 Å². The highest BCUT2D eigenvalue weighted by molar-refractivity contribution is 5.79. The van der Waals surface area contributed by atoms with E-state index < -0.39 is 0 Å². The molecule has 28 heavy (non-hydrogen) atoms. The van der Waals surface area contributed by atoms with Gasteiger partial charge in [0.1, 0.15) is 5.78 Å². The lowest BCUT2D eigenvalue weighted by atomic mass is 9.44. The van der Waals surface area contributed by atoms with Crippen LogP contribution in [0.3, 0.4) is 0 Å². The van der Waals surface area contributed by atoms with Gasteiger partial charge in [-0.1, -0.05) is 53.9 Å². The second-order valence-electron chi connectivity index (χ2n) is 12.4. The Balaban J connectivity index is 1.47. The largest absolute Gasteiger partial charge is 0.300 e. The van der Waals surface area contributed by atoms with Crippen LogP contribution in [0.2, 0.25) is 0 Å². The van der Waals surface area contributed by atoms with E-state index in [4.69, 9.17) is 0 Å². The Labute approximate surface area is 174 Å². The van der Waals surface area contributed by atoms with Crippen molar-refractivity contribution in [1.82, 2.24) is 0 Å². The molecule has 0 saturated heterocycles. The Morgan fingerprint density at radius 3 is 2.39 bits per heavy atom. The van der Waals surface area contributed by atoms with Crippen LogP contribution >= 0.6 is 0 Å². The van der Waals surface area contributed by atoms with Crippen LogP contribution in [0, 0.1) is 52.3 Å². The highest BCUT2D eigenvalue weighted by Crippen LogP contribution is 2.68. The first kappa shape index (κ1) is 20.9. The van der Waals surface area contributed by atoms with Crippen LogP contribution in [-0.4, -0.2) is 5.78 Å². The lowest BCUT2D eigenvalue weighted by Gasteiger charge is -2.60. The van der Waals surface area contributed by atoms with Gasteiger partial charge in [-0.05, 0) is 97.2 Å². The van der Waals surface area contributed by atoms with Crippen molar-refractivity contribution in [2.24, 2.45) is 52.3 Å². The fourth-order valence-corrected chi connectivity index (χ4v) is 9.07. The number of carbonyl (C=O) groups is 1. The minimum absolute atomic E-state index is 0.471. The summed E-state index contributed by atoms with van der Waals surface area (Å²) in [5, 5.41) is 0. The van der Waals surface area contributed by atoms with E-state index in [1.807, 2.05) is 0 Å². The molecule has 0 aromatic rings. The van der Waals surface area contributed by atoms with Crippen molar-refractivity contribution in [3.05, 3.63) is 0 Å². The van der Waals surface area contributed by atoms with E-state index in [1.165, 1.54) is 64.2 Å². The molecule has 0 N–H and O–H groups in total. The molecular weight excluding hydrogens is 340 g/mol. The highest BCUT2D eigenvalue weighted by atomic mass is 16.1. The Bertz CT molecular complexity index is 579. The van der Waals surface area contributed by atoms with Gasteiger partial charge >= 0.3 is 0 Å². The van der Waals surface area contributed by atoms with Crippen molar-refractivity contribution in [1.29, 1.82) is 0 Å². The first-order valence-electron chi connectivity index (χ1n) is 12.8. The van der Waals surface area contributed by atoms with E-state index in [2.05, 4.69) is 34.6 Å². The molecule has 0 unspecified atom stereocenters. The minimum atomic E-state index is 0.471. The third kappa shape index (κ3) is 3.41. The number of fused-ring (bicyclic) bond motifs is 5. The molecule has 4 aliphatic rings. The van der Waals surface area contributed by atoms with Crippen LogP contribution in [0.1, 0.15) is 112 Å². The smallest absolute Gasteiger partial charge is 0.133 e. The lowest BCUT2D eigenvalue weighted by Crippen LogP contribution is -2.53. The molecule has 4 saturated carbocycles. The third-order valence-corrected chi connectivity index (χ3v) is 10.7. The van der Waals surface area contributed by atoms with Crippen molar-refractivity contribution >= 4 is 5.78 Å². The van der Waals surface area contributed by atoms with Gasteiger partial charge in [-0.25, -0.2) is 0 Å². The topological polar surface area (TPSA) is 17.1 Å². The molecule has 1 heteroatoms. The Hall–Kier alpha value is -0.330. The van der Waals surface area contributed by atoms with E-state index in [9.17, 15) is 4.79 Å². The summed E-state index contributed by atoms with van der Waals surface area (Å²) in [6, 6.07) is 0. The summed E-state index contributed by atoms with van der Waals surface area (Å²) < 4.78 is 0. The van der Waals surface area contributed by atoms with E-state index in [1.54, 1.807) is 0 Å². The van der Waals surface area contributed by atoms with Crippen LogP contribution in [0.5, 0.6) is 0 Å². The summed E-state index contributed by atoms with van der Waals surface area (Å²) in [5.41, 5.74) is 1.07.